The third-order valence-corrected chi connectivity index (χ3v) is 12.0. The minimum atomic E-state index is -1.77. The molecule has 0 heterocycles. The monoisotopic (exact) mass is 1120 g/mol. The summed E-state index contributed by atoms with van der Waals surface area (Å²) in [5.41, 5.74) is 39.2. The summed E-state index contributed by atoms with van der Waals surface area (Å²) in [4.78, 5) is 150. The first-order valence-corrected chi connectivity index (χ1v) is 26.2. The van der Waals surface area contributed by atoms with Crippen molar-refractivity contribution in [3.63, 3.8) is 0 Å². The second-order valence-corrected chi connectivity index (χ2v) is 20.0. The maximum Gasteiger partial charge on any atom is 0.245 e. The Bertz CT molecular complexity index is 2210. The number of carbonyl (C=O) groups is 11. The van der Waals surface area contributed by atoms with E-state index in [1.54, 1.807) is 58.0 Å². The Morgan fingerprint density at radius 2 is 0.937 bits per heavy atom. The summed E-state index contributed by atoms with van der Waals surface area (Å²) in [6.07, 6.45) is -2.24. The molecule has 24 N–H and O–H groups in total. The molecule has 0 spiro atoms. The normalized spacial score (nSPS) is 14.9. The van der Waals surface area contributed by atoms with Gasteiger partial charge >= 0.3 is 0 Å². The second-order valence-electron chi connectivity index (χ2n) is 20.0. The summed E-state index contributed by atoms with van der Waals surface area (Å²) in [6.45, 7) is 7.49. The van der Waals surface area contributed by atoms with Crippen LogP contribution < -0.4 is 82.7 Å². The highest BCUT2D eigenvalue weighted by atomic mass is 16.3. The van der Waals surface area contributed by atoms with Gasteiger partial charge in [0.1, 0.15) is 48.3 Å². The van der Waals surface area contributed by atoms with Crippen molar-refractivity contribution in [1.82, 2.24) is 42.5 Å². The van der Waals surface area contributed by atoms with Gasteiger partial charge in [-0.1, -0.05) is 58.0 Å². The van der Waals surface area contributed by atoms with E-state index in [0.29, 0.717) is 12.0 Å². The fourth-order valence-electron chi connectivity index (χ4n) is 7.75. The Kier molecular flexibility index (Phi) is 32.2. The van der Waals surface area contributed by atoms with Crippen molar-refractivity contribution in [2.45, 2.75) is 172 Å². The standard InChI is InChI=1S/C50H86N16O13/c1-26(2)22-34(41(55)71)62-48(78)37(25-67)65-46(76)36(24-29-12-7-6-8-13-29)64-44(74)32(15-11-21-58-50(56)57)60-43(73)31(14-9-10-20-51)61-49(79)40(28(5)68)66-47(77)35(23-27(3)4)63-45(75)33(17-19-39(54)70)59-42(72)30(52)16-18-38(53)69/h6-8,12-13,26-28,30-37,40,67-68H,9-11,14-25,51-52H2,1-5H3,(H2,53,69)(H2,54,70)(H2,55,71)(H,59,72)(H,60,73)(H,61,79)(H,62,78)(H,63,75)(H,64,74)(H,65,76)(H,66,77)(H4,56,57,58)/t28-,30+,31+,32+,33+,34+,35+,36+,37+,40+/m1/s1. The first-order chi connectivity index (χ1) is 37.1. The van der Waals surface area contributed by atoms with Gasteiger partial charge in [-0.25, -0.2) is 0 Å². The number of carbonyl (C=O) groups excluding carboxylic acids is 11. The van der Waals surface area contributed by atoms with E-state index in [1.165, 1.54) is 6.92 Å². The highest BCUT2D eigenvalue weighted by Gasteiger charge is 2.36. The topological polar surface area (TPSA) is 519 Å². The van der Waals surface area contributed by atoms with E-state index < -0.39 is 132 Å². The largest absolute Gasteiger partial charge is 0.394 e. The molecule has 0 saturated carbocycles. The van der Waals surface area contributed by atoms with Crippen LogP contribution in [0, 0.1) is 11.8 Å². The van der Waals surface area contributed by atoms with Crippen molar-refractivity contribution < 1.29 is 63.0 Å². The number of aliphatic imine (C=N–C) groups is 1. The van der Waals surface area contributed by atoms with Gasteiger partial charge in [0.15, 0.2) is 5.96 Å². The number of benzene rings is 1. The Morgan fingerprint density at radius 3 is 1.44 bits per heavy atom. The molecule has 10 atom stereocenters. The fraction of sp³-hybridized carbons (Fsp3) is 0.640. The number of primary amides is 3. The summed E-state index contributed by atoms with van der Waals surface area (Å²) in [6, 6.07) is -4.57. The average molecular weight is 1120 g/mol. The van der Waals surface area contributed by atoms with E-state index in [1.807, 2.05) is 0 Å². The van der Waals surface area contributed by atoms with E-state index in [-0.39, 0.29) is 102 Å². The molecule has 0 saturated heterocycles. The Hall–Kier alpha value is -7.50. The van der Waals surface area contributed by atoms with Gasteiger partial charge < -0.3 is 92.9 Å². The molecule has 0 aliphatic carbocycles. The number of aliphatic hydroxyl groups excluding tert-OH is 2. The van der Waals surface area contributed by atoms with Crippen molar-refractivity contribution in [2.75, 3.05) is 19.7 Å². The molecule has 0 radical (unpaired) electrons. The zero-order valence-electron chi connectivity index (χ0n) is 45.8. The smallest absolute Gasteiger partial charge is 0.245 e. The molecule has 1 rings (SSSR count). The lowest BCUT2D eigenvalue weighted by Gasteiger charge is -2.29. The summed E-state index contributed by atoms with van der Waals surface area (Å²) < 4.78 is 0. The number of nitrogens with two attached hydrogens (primary N) is 7. The van der Waals surface area contributed by atoms with Crippen LogP contribution in [0.3, 0.4) is 0 Å². The lowest BCUT2D eigenvalue weighted by atomic mass is 10.0. The van der Waals surface area contributed by atoms with Crippen LogP contribution in [0.4, 0.5) is 0 Å². The van der Waals surface area contributed by atoms with Gasteiger partial charge in [0.25, 0.3) is 0 Å². The number of rotatable bonds is 39. The summed E-state index contributed by atoms with van der Waals surface area (Å²) in [5.74, 6) is -10.5. The number of nitrogens with one attached hydrogen (secondary N) is 8. The minimum absolute atomic E-state index is 0.00770. The molecule has 0 aliphatic rings. The second kappa shape index (κ2) is 36.6. The number of nitrogens with zero attached hydrogens (tertiary/aromatic N) is 1. The van der Waals surface area contributed by atoms with Gasteiger partial charge in [-0.2, -0.15) is 0 Å². The molecule has 29 heteroatoms. The Labute approximate surface area is 460 Å². The number of hydrogen-bond donors (Lipinski definition) is 17. The molecule has 1 aromatic rings. The summed E-state index contributed by atoms with van der Waals surface area (Å²) in [5, 5.41) is 41.1. The average Bonchev–Trinajstić information content (AvgIpc) is 3.36. The first-order valence-electron chi connectivity index (χ1n) is 26.2. The maximum absolute atomic E-state index is 14.4. The van der Waals surface area contributed by atoms with Crippen molar-refractivity contribution in [3.8, 4) is 0 Å². The number of aliphatic hydroxyl groups is 2. The van der Waals surface area contributed by atoms with Gasteiger partial charge in [0.2, 0.25) is 65.0 Å². The molecule has 444 valence electrons. The number of hydrogen-bond acceptors (Lipinski definition) is 16. The van der Waals surface area contributed by atoms with E-state index >= 15 is 0 Å². The zero-order valence-corrected chi connectivity index (χ0v) is 45.8. The predicted octanol–water partition coefficient (Wildman–Crippen LogP) is -5.90. The highest BCUT2D eigenvalue weighted by Crippen LogP contribution is 2.12. The SMILES string of the molecule is CC(C)C[C@H](NC(=O)[C@H](CO)NC(=O)[C@H](Cc1ccccc1)NC(=O)[C@H](CCCN=C(N)N)NC(=O)[C@H](CCCCN)NC(=O)[C@@H](NC(=O)[C@H](CC(C)C)NC(=O)[C@H](CCC(N)=O)NC(=O)[C@@H](N)CCC(N)=O)[C@@H](C)O)C(N)=O. The lowest BCUT2D eigenvalue weighted by molar-refractivity contribution is -0.137. The van der Waals surface area contributed by atoms with Gasteiger partial charge in [0.05, 0.1) is 18.8 Å². The number of amides is 11. The highest BCUT2D eigenvalue weighted by molar-refractivity contribution is 5.98. The zero-order chi connectivity index (χ0) is 59.9. The third kappa shape index (κ3) is 28.1. The van der Waals surface area contributed by atoms with Gasteiger partial charge in [-0.15, -0.1) is 0 Å². The van der Waals surface area contributed by atoms with E-state index in [0.717, 1.165) is 0 Å². The summed E-state index contributed by atoms with van der Waals surface area (Å²) in [7, 11) is 0. The maximum atomic E-state index is 14.4. The van der Waals surface area contributed by atoms with E-state index in [2.05, 4.69) is 47.5 Å². The molecule has 0 fully saturated rings. The molecule has 0 bridgehead atoms. The van der Waals surface area contributed by atoms with Crippen molar-refractivity contribution in [2.24, 2.45) is 57.0 Å². The van der Waals surface area contributed by atoms with Gasteiger partial charge in [-0.3, -0.25) is 57.7 Å². The Balaban J connectivity index is 3.59. The van der Waals surface area contributed by atoms with Crippen molar-refractivity contribution in [3.05, 3.63) is 35.9 Å². The predicted molar refractivity (Wildman–Crippen MR) is 290 cm³/mol. The molecule has 11 amide bonds. The number of unbranched alkanes of at least 4 members (excludes halogenated alkanes) is 1. The molecule has 0 unspecified atom stereocenters. The van der Waals surface area contributed by atoms with Crippen LogP contribution in [0.1, 0.15) is 111 Å². The fourth-order valence-corrected chi connectivity index (χ4v) is 7.75. The lowest BCUT2D eigenvalue weighted by Crippen LogP contribution is -2.62. The van der Waals surface area contributed by atoms with Crippen molar-refractivity contribution >= 4 is 70.9 Å². The van der Waals surface area contributed by atoms with Crippen LogP contribution in [0.15, 0.2) is 35.3 Å². The molecule has 29 nitrogen and oxygen atoms in total. The van der Waals surface area contributed by atoms with Crippen LogP contribution >= 0.6 is 0 Å². The molecular formula is C50H86N16O13. The minimum Gasteiger partial charge on any atom is -0.394 e. The summed E-state index contributed by atoms with van der Waals surface area (Å²) >= 11 is 0. The van der Waals surface area contributed by atoms with Gasteiger partial charge in [-0.05, 0) is 88.7 Å². The quantitative estimate of drug-likeness (QED) is 0.0166. The van der Waals surface area contributed by atoms with Crippen LogP contribution in [0.2, 0.25) is 0 Å². The van der Waals surface area contributed by atoms with E-state index in [9.17, 15) is 63.0 Å². The molecule has 1 aromatic carbocycles. The molecular weight excluding hydrogens is 1030 g/mol. The van der Waals surface area contributed by atoms with Crippen LogP contribution in [-0.2, 0) is 59.2 Å². The molecule has 0 aliphatic heterocycles. The van der Waals surface area contributed by atoms with Crippen molar-refractivity contribution in [1.29, 1.82) is 0 Å². The van der Waals surface area contributed by atoms with E-state index in [4.69, 9.17) is 40.1 Å². The third-order valence-electron chi connectivity index (χ3n) is 12.0. The van der Waals surface area contributed by atoms with Gasteiger partial charge in [0, 0.05) is 25.8 Å². The van der Waals surface area contributed by atoms with Crippen LogP contribution in [0.5, 0.6) is 0 Å². The first kappa shape index (κ1) is 69.5. The number of guanidine groups is 1. The molecule has 0 aromatic heterocycles. The van der Waals surface area contributed by atoms with Crippen LogP contribution in [-0.4, -0.2) is 161 Å². The Morgan fingerprint density at radius 1 is 0.506 bits per heavy atom. The van der Waals surface area contributed by atoms with Crippen LogP contribution in [0.25, 0.3) is 0 Å². The molecule has 79 heavy (non-hydrogen) atoms.